The van der Waals surface area contributed by atoms with Crippen LogP contribution in [0.25, 0.3) is 0 Å². The Balaban J connectivity index is 2.06. The molecule has 2 aromatic rings. The molecule has 1 aromatic carbocycles. The van der Waals surface area contributed by atoms with Crippen molar-refractivity contribution < 1.29 is 9.90 Å². The summed E-state index contributed by atoms with van der Waals surface area (Å²) in [4.78, 5) is 13.8. The summed E-state index contributed by atoms with van der Waals surface area (Å²) in [5.74, 6) is 5.43. The Morgan fingerprint density at radius 2 is 2.10 bits per heavy atom. The second-order valence-corrected chi connectivity index (χ2v) is 5.50. The lowest BCUT2D eigenvalue weighted by Crippen LogP contribution is -2.22. The number of carbonyl (C=O) groups is 1. The number of aliphatic hydroxyl groups is 1. The highest BCUT2D eigenvalue weighted by Gasteiger charge is 2.08. The normalized spacial score (nSPS) is 9.70. The van der Waals surface area contributed by atoms with Gasteiger partial charge >= 0.3 is 0 Å². The van der Waals surface area contributed by atoms with Gasteiger partial charge in [-0.25, -0.2) is 0 Å². The van der Waals surface area contributed by atoms with Gasteiger partial charge in [0.05, 0.1) is 4.88 Å². The van der Waals surface area contributed by atoms with E-state index in [1.165, 1.54) is 11.3 Å². The van der Waals surface area contributed by atoms with Crippen LogP contribution < -0.4 is 5.32 Å². The first-order chi connectivity index (χ1) is 9.70. The number of rotatable bonds is 3. The summed E-state index contributed by atoms with van der Waals surface area (Å²) in [6.45, 7) is 2.22. The van der Waals surface area contributed by atoms with Crippen LogP contribution in [0.3, 0.4) is 0 Å². The number of aryl methyl sites for hydroxylation is 1. The van der Waals surface area contributed by atoms with Crippen molar-refractivity contribution in [3.8, 4) is 11.8 Å². The van der Waals surface area contributed by atoms with Crippen molar-refractivity contribution >= 4 is 17.2 Å². The molecule has 0 aliphatic heterocycles. The van der Waals surface area contributed by atoms with Gasteiger partial charge in [-0.15, -0.1) is 11.3 Å². The third-order valence-corrected chi connectivity index (χ3v) is 3.72. The molecule has 0 aliphatic rings. The molecule has 0 saturated heterocycles. The minimum atomic E-state index is -0.171. The average Bonchev–Trinajstić information content (AvgIpc) is 2.90. The van der Waals surface area contributed by atoms with Crippen LogP contribution in [0.5, 0.6) is 0 Å². The van der Waals surface area contributed by atoms with Crippen molar-refractivity contribution in [2.45, 2.75) is 13.5 Å². The van der Waals surface area contributed by atoms with E-state index in [4.69, 9.17) is 5.11 Å². The fourth-order valence-corrected chi connectivity index (χ4v) is 2.53. The van der Waals surface area contributed by atoms with Crippen LogP contribution in [-0.4, -0.2) is 17.6 Å². The van der Waals surface area contributed by atoms with Gasteiger partial charge in [0.15, 0.2) is 0 Å². The van der Waals surface area contributed by atoms with E-state index in [0.29, 0.717) is 11.4 Å². The third-order valence-electron chi connectivity index (χ3n) is 2.72. The van der Waals surface area contributed by atoms with E-state index in [1.807, 2.05) is 43.3 Å². The van der Waals surface area contributed by atoms with Gasteiger partial charge in [-0.3, -0.25) is 4.79 Å². The molecule has 0 saturated carbocycles. The standard InChI is InChI=1S/C16H15NO2S/c1-12-8-9-15(20-12)16(19)17-11-14-6-3-2-5-13(14)7-4-10-18/h2-3,5-6,8-9,18H,10-11H2,1H3,(H,17,19). The highest BCUT2D eigenvalue weighted by Crippen LogP contribution is 2.15. The molecule has 4 heteroatoms. The minimum absolute atomic E-state index is 0.0759. The molecule has 0 unspecified atom stereocenters. The molecule has 0 fully saturated rings. The Hall–Kier alpha value is -2.09. The molecule has 1 aromatic heterocycles. The monoisotopic (exact) mass is 285 g/mol. The van der Waals surface area contributed by atoms with Crippen LogP contribution in [-0.2, 0) is 6.54 Å². The molecule has 3 nitrogen and oxygen atoms in total. The molecule has 2 rings (SSSR count). The Morgan fingerprint density at radius 1 is 1.30 bits per heavy atom. The van der Waals surface area contributed by atoms with Gasteiger partial charge in [-0.1, -0.05) is 30.0 Å². The van der Waals surface area contributed by atoms with E-state index in [1.54, 1.807) is 0 Å². The fourth-order valence-electron chi connectivity index (χ4n) is 1.75. The maximum absolute atomic E-state index is 12.0. The Labute approximate surface area is 122 Å². The Kier molecular flexibility index (Phi) is 4.94. The number of aliphatic hydroxyl groups excluding tert-OH is 1. The number of benzene rings is 1. The van der Waals surface area contributed by atoms with Gasteiger partial charge in [-0.05, 0) is 30.7 Å². The summed E-state index contributed by atoms with van der Waals surface area (Å²) in [5.41, 5.74) is 1.76. The van der Waals surface area contributed by atoms with Crippen LogP contribution >= 0.6 is 11.3 Å². The topological polar surface area (TPSA) is 49.3 Å². The first-order valence-corrected chi connectivity index (χ1v) is 7.04. The lowest BCUT2D eigenvalue weighted by molar-refractivity contribution is 0.0955. The summed E-state index contributed by atoms with van der Waals surface area (Å²) in [6.07, 6.45) is 0. The zero-order chi connectivity index (χ0) is 14.4. The number of amides is 1. The number of thiophene rings is 1. The number of hydrogen-bond acceptors (Lipinski definition) is 3. The van der Waals surface area contributed by atoms with E-state index in [2.05, 4.69) is 17.2 Å². The van der Waals surface area contributed by atoms with Crippen molar-refractivity contribution in [3.63, 3.8) is 0 Å². The largest absolute Gasteiger partial charge is 0.384 e. The molecule has 0 atom stereocenters. The zero-order valence-corrected chi connectivity index (χ0v) is 12.0. The Morgan fingerprint density at radius 3 is 2.80 bits per heavy atom. The van der Waals surface area contributed by atoms with E-state index in [0.717, 1.165) is 16.0 Å². The number of hydrogen-bond donors (Lipinski definition) is 2. The molecule has 1 heterocycles. The lowest BCUT2D eigenvalue weighted by Gasteiger charge is -2.06. The molecular weight excluding hydrogens is 270 g/mol. The fraction of sp³-hybridized carbons (Fsp3) is 0.188. The average molecular weight is 285 g/mol. The molecule has 1 amide bonds. The Bertz CT molecular complexity index is 664. The predicted molar refractivity (Wildman–Crippen MR) is 80.6 cm³/mol. The van der Waals surface area contributed by atoms with Crippen LogP contribution in [0, 0.1) is 18.8 Å². The van der Waals surface area contributed by atoms with Crippen LogP contribution in [0.15, 0.2) is 36.4 Å². The summed E-state index contributed by atoms with van der Waals surface area (Å²) in [5, 5.41) is 11.6. The quantitative estimate of drug-likeness (QED) is 0.850. The molecule has 0 spiro atoms. The number of nitrogens with one attached hydrogen (secondary N) is 1. The molecule has 102 valence electrons. The van der Waals surface area contributed by atoms with E-state index in [9.17, 15) is 4.79 Å². The minimum Gasteiger partial charge on any atom is -0.384 e. The molecule has 2 N–H and O–H groups in total. The highest BCUT2D eigenvalue weighted by molar-refractivity contribution is 7.13. The smallest absolute Gasteiger partial charge is 0.261 e. The van der Waals surface area contributed by atoms with Crippen molar-refractivity contribution in [2.75, 3.05) is 6.61 Å². The van der Waals surface area contributed by atoms with Gasteiger partial charge < -0.3 is 10.4 Å². The third kappa shape index (κ3) is 3.70. The summed E-state index contributed by atoms with van der Waals surface area (Å²) in [7, 11) is 0. The van der Waals surface area contributed by atoms with Crippen molar-refractivity contribution in [1.29, 1.82) is 0 Å². The van der Waals surface area contributed by atoms with Gasteiger partial charge in [-0.2, -0.15) is 0 Å². The van der Waals surface area contributed by atoms with Gasteiger partial charge in [0.25, 0.3) is 5.91 Å². The molecule has 0 aliphatic carbocycles. The van der Waals surface area contributed by atoms with E-state index in [-0.39, 0.29) is 12.5 Å². The maximum Gasteiger partial charge on any atom is 0.261 e. The first-order valence-electron chi connectivity index (χ1n) is 6.23. The first kappa shape index (κ1) is 14.3. The summed E-state index contributed by atoms with van der Waals surface area (Å²) in [6, 6.07) is 11.3. The van der Waals surface area contributed by atoms with E-state index >= 15 is 0 Å². The summed E-state index contributed by atoms with van der Waals surface area (Å²) >= 11 is 1.48. The molecule has 20 heavy (non-hydrogen) atoms. The second kappa shape index (κ2) is 6.90. The molecule has 0 bridgehead atoms. The van der Waals surface area contributed by atoms with Crippen molar-refractivity contribution in [2.24, 2.45) is 0 Å². The van der Waals surface area contributed by atoms with Gasteiger partial charge in [0.2, 0.25) is 0 Å². The van der Waals surface area contributed by atoms with E-state index < -0.39 is 0 Å². The van der Waals surface area contributed by atoms with Gasteiger partial charge in [0, 0.05) is 17.0 Å². The zero-order valence-electron chi connectivity index (χ0n) is 11.1. The molecular formula is C16H15NO2S. The van der Waals surface area contributed by atoms with Crippen LogP contribution in [0.2, 0.25) is 0 Å². The highest BCUT2D eigenvalue weighted by atomic mass is 32.1. The van der Waals surface area contributed by atoms with Crippen LogP contribution in [0.4, 0.5) is 0 Å². The van der Waals surface area contributed by atoms with Gasteiger partial charge in [0.1, 0.15) is 6.61 Å². The maximum atomic E-state index is 12.0. The van der Waals surface area contributed by atoms with Crippen molar-refractivity contribution in [1.82, 2.24) is 5.32 Å². The predicted octanol–water partition coefficient (Wildman–Crippen LogP) is 2.33. The van der Waals surface area contributed by atoms with Crippen LogP contribution in [0.1, 0.15) is 25.7 Å². The molecule has 0 radical (unpaired) electrons. The lowest BCUT2D eigenvalue weighted by atomic mass is 10.1. The SMILES string of the molecule is Cc1ccc(C(=O)NCc2ccccc2C#CCO)s1. The number of carbonyl (C=O) groups excluding carboxylic acids is 1. The second-order valence-electron chi connectivity index (χ2n) is 4.21. The summed E-state index contributed by atoms with van der Waals surface area (Å²) < 4.78 is 0. The van der Waals surface area contributed by atoms with Crippen molar-refractivity contribution in [3.05, 3.63) is 57.3 Å².